The van der Waals surface area contributed by atoms with Crippen molar-refractivity contribution >= 4 is 5.91 Å². The monoisotopic (exact) mass is 278 g/mol. The number of amides is 1. The third-order valence-corrected chi connectivity index (χ3v) is 3.42. The quantitative estimate of drug-likeness (QED) is 0.840. The Hall–Kier alpha value is -1.55. The zero-order chi connectivity index (χ0) is 15.3. The van der Waals surface area contributed by atoms with Crippen molar-refractivity contribution in [1.82, 2.24) is 5.32 Å². The first-order valence-electron chi connectivity index (χ1n) is 7.16. The topological polar surface area (TPSA) is 64.3 Å². The maximum absolute atomic E-state index is 12.0. The molecule has 1 amide bonds. The van der Waals surface area contributed by atoms with E-state index in [0.29, 0.717) is 6.54 Å². The fourth-order valence-corrected chi connectivity index (χ4v) is 2.04. The molecule has 2 unspecified atom stereocenters. The summed E-state index contributed by atoms with van der Waals surface area (Å²) in [5.41, 5.74) is 8.74. The highest BCUT2D eigenvalue weighted by atomic mass is 16.5. The highest BCUT2D eigenvalue weighted by Crippen LogP contribution is 2.25. The van der Waals surface area contributed by atoms with Crippen LogP contribution >= 0.6 is 0 Å². The summed E-state index contributed by atoms with van der Waals surface area (Å²) in [5.74, 6) is 0.690. The summed E-state index contributed by atoms with van der Waals surface area (Å²) in [4.78, 5) is 12.0. The standard InChI is InChI=1S/C16H26N2O2/c1-6-12(4)18-16(19)13(5)20-15-10(2)7-14(9-17)8-11(15)3/h7-8,12-13H,6,9,17H2,1-5H3,(H,18,19). The zero-order valence-electron chi connectivity index (χ0n) is 13.1. The van der Waals surface area contributed by atoms with Crippen LogP contribution in [0.5, 0.6) is 5.75 Å². The Morgan fingerprint density at radius 3 is 2.30 bits per heavy atom. The van der Waals surface area contributed by atoms with Crippen LogP contribution in [0, 0.1) is 13.8 Å². The van der Waals surface area contributed by atoms with Crippen molar-refractivity contribution in [2.45, 2.75) is 59.7 Å². The molecule has 0 spiro atoms. The van der Waals surface area contributed by atoms with Crippen molar-refractivity contribution in [3.63, 3.8) is 0 Å². The molecule has 1 aromatic rings. The third kappa shape index (κ3) is 4.23. The second-order valence-corrected chi connectivity index (χ2v) is 5.34. The first kappa shape index (κ1) is 16.5. The second kappa shape index (κ2) is 7.29. The molecule has 0 aromatic heterocycles. The lowest BCUT2D eigenvalue weighted by Crippen LogP contribution is -2.41. The van der Waals surface area contributed by atoms with Crippen LogP contribution in [-0.4, -0.2) is 18.1 Å². The van der Waals surface area contributed by atoms with E-state index >= 15 is 0 Å². The summed E-state index contributed by atoms with van der Waals surface area (Å²) in [6.45, 7) is 10.2. The van der Waals surface area contributed by atoms with E-state index in [0.717, 1.165) is 28.9 Å². The molecular formula is C16H26N2O2. The van der Waals surface area contributed by atoms with Gasteiger partial charge in [-0.2, -0.15) is 0 Å². The molecule has 0 heterocycles. The molecule has 4 heteroatoms. The van der Waals surface area contributed by atoms with Crippen LogP contribution in [0.4, 0.5) is 0 Å². The van der Waals surface area contributed by atoms with Crippen molar-refractivity contribution in [2.75, 3.05) is 0 Å². The van der Waals surface area contributed by atoms with Crippen molar-refractivity contribution in [2.24, 2.45) is 5.73 Å². The lowest BCUT2D eigenvalue weighted by molar-refractivity contribution is -0.127. The minimum absolute atomic E-state index is 0.0824. The van der Waals surface area contributed by atoms with E-state index < -0.39 is 6.10 Å². The van der Waals surface area contributed by atoms with E-state index in [-0.39, 0.29) is 11.9 Å². The van der Waals surface area contributed by atoms with Crippen LogP contribution in [0.2, 0.25) is 0 Å². The Balaban J connectivity index is 2.80. The Kier molecular flexibility index (Phi) is 6.02. The Morgan fingerprint density at radius 2 is 1.85 bits per heavy atom. The Morgan fingerprint density at radius 1 is 1.30 bits per heavy atom. The van der Waals surface area contributed by atoms with Gasteiger partial charge in [-0.15, -0.1) is 0 Å². The smallest absolute Gasteiger partial charge is 0.260 e. The van der Waals surface area contributed by atoms with E-state index in [4.69, 9.17) is 10.5 Å². The largest absolute Gasteiger partial charge is 0.480 e. The molecule has 3 N–H and O–H groups in total. The number of carbonyl (C=O) groups excluding carboxylic acids is 1. The van der Waals surface area contributed by atoms with Gasteiger partial charge < -0.3 is 15.8 Å². The van der Waals surface area contributed by atoms with Crippen LogP contribution < -0.4 is 15.8 Å². The molecule has 0 bridgehead atoms. The molecule has 4 nitrogen and oxygen atoms in total. The summed E-state index contributed by atoms with van der Waals surface area (Å²) in [5, 5.41) is 2.93. The molecular weight excluding hydrogens is 252 g/mol. The average molecular weight is 278 g/mol. The fraction of sp³-hybridized carbons (Fsp3) is 0.562. The number of benzene rings is 1. The van der Waals surface area contributed by atoms with Gasteiger partial charge in [0.1, 0.15) is 5.75 Å². The van der Waals surface area contributed by atoms with E-state index in [1.54, 1.807) is 6.92 Å². The molecule has 0 saturated carbocycles. The Labute approximate surface area is 121 Å². The summed E-state index contributed by atoms with van der Waals surface area (Å²) in [6.07, 6.45) is 0.395. The highest BCUT2D eigenvalue weighted by Gasteiger charge is 2.18. The van der Waals surface area contributed by atoms with Gasteiger partial charge in [-0.25, -0.2) is 0 Å². The number of aryl methyl sites for hydroxylation is 2. The van der Waals surface area contributed by atoms with E-state index in [2.05, 4.69) is 5.32 Å². The molecule has 0 aliphatic carbocycles. The van der Waals surface area contributed by atoms with Crippen molar-refractivity contribution in [1.29, 1.82) is 0 Å². The summed E-state index contributed by atoms with van der Waals surface area (Å²) >= 11 is 0. The molecule has 20 heavy (non-hydrogen) atoms. The first-order chi connectivity index (χ1) is 9.38. The molecule has 112 valence electrons. The summed E-state index contributed by atoms with van der Waals surface area (Å²) in [6, 6.07) is 4.17. The molecule has 1 aromatic carbocycles. The number of carbonyl (C=O) groups is 1. The fourth-order valence-electron chi connectivity index (χ4n) is 2.04. The van der Waals surface area contributed by atoms with Gasteiger partial charge in [0.05, 0.1) is 0 Å². The lowest BCUT2D eigenvalue weighted by atomic mass is 10.1. The molecule has 0 radical (unpaired) electrons. The van der Waals surface area contributed by atoms with E-state index in [1.165, 1.54) is 0 Å². The predicted octanol–water partition coefficient (Wildman–Crippen LogP) is 2.44. The number of hydrogen-bond donors (Lipinski definition) is 2. The second-order valence-electron chi connectivity index (χ2n) is 5.34. The zero-order valence-corrected chi connectivity index (χ0v) is 13.1. The molecule has 2 atom stereocenters. The lowest BCUT2D eigenvalue weighted by Gasteiger charge is -2.20. The average Bonchev–Trinajstić information content (AvgIpc) is 2.41. The molecule has 0 aliphatic rings. The minimum Gasteiger partial charge on any atom is -0.480 e. The maximum atomic E-state index is 12.0. The van der Waals surface area contributed by atoms with Crippen LogP contribution in [0.15, 0.2) is 12.1 Å². The number of hydrogen-bond acceptors (Lipinski definition) is 3. The summed E-state index contributed by atoms with van der Waals surface area (Å²) < 4.78 is 5.83. The van der Waals surface area contributed by atoms with Gasteiger partial charge in [-0.1, -0.05) is 19.1 Å². The molecule has 0 saturated heterocycles. The van der Waals surface area contributed by atoms with Crippen LogP contribution in [0.25, 0.3) is 0 Å². The minimum atomic E-state index is -0.509. The van der Waals surface area contributed by atoms with Crippen molar-refractivity contribution in [3.05, 3.63) is 28.8 Å². The molecule has 1 rings (SSSR count). The third-order valence-electron chi connectivity index (χ3n) is 3.42. The molecule has 0 fully saturated rings. The van der Waals surface area contributed by atoms with Gasteiger partial charge in [0.15, 0.2) is 6.10 Å². The number of rotatable bonds is 6. The maximum Gasteiger partial charge on any atom is 0.260 e. The van der Waals surface area contributed by atoms with Crippen LogP contribution in [-0.2, 0) is 11.3 Å². The van der Waals surface area contributed by atoms with E-state index in [1.807, 2.05) is 39.8 Å². The molecule has 0 aliphatic heterocycles. The van der Waals surface area contributed by atoms with Crippen molar-refractivity contribution in [3.8, 4) is 5.75 Å². The highest BCUT2D eigenvalue weighted by molar-refractivity contribution is 5.81. The Bertz CT molecular complexity index is 449. The number of nitrogens with two attached hydrogens (primary N) is 1. The van der Waals surface area contributed by atoms with Gasteiger partial charge in [0, 0.05) is 12.6 Å². The van der Waals surface area contributed by atoms with Gasteiger partial charge in [-0.3, -0.25) is 4.79 Å². The van der Waals surface area contributed by atoms with E-state index in [9.17, 15) is 4.79 Å². The number of nitrogens with one attached hydrogen (secondary N) is 1. The summed E-state index contributed by atoms with van der Waals surface area (Å²) in [7, 11) is 0. The van der Waals surface area contributed by atoms with Crippen LogP contribution in [0.1, 0.15) is 43.9 Å². The number of ether oxygens (including phenoxy) is 1. The predicted molar refractivity (Wildman–Crippen MR) is 81.8 cm³/mol. The van der Waals surface area contributed by atoms with Gasteiger partial charge in [-0.05, 0) is 50.8 Å². The van der Waals surface area contributed by atoms with Gasteiger partial charge in [0.2, 0.25) is 0 Å². The van der Waals surface area contributed by atoms with Gasteiger partial charge in [0.25, 0.3) is 5.91 Å². The van der Waals surface area contributed by atoms with Crippen molar-refractivity contribution < 1.29 is 9.53 Å². The van der Waals surface area contributed by atoms with Gasteiger partial charge >= 0.3 is 0 Å². The SMILES string of the molecule is CCC(C)NC(=O)C(C)Oc1c(C)cc(CN)cc1C. The first-order valence-corrected chi connectivity index (χ1v) is 7.16. The normalized spacial score (nSPS) is 13.7. The van der Waals surface area contributed by atoms with Crippen LogP contribution in [0.3, 0.4) is 0 Å².